The Kier molecular flexibility index (Phi) is 3.02. The van der Waals surface area contributed by atoms with Crippen LogP contribution < -0.4 is 0 Å². The predicted molar refractivity (Wildman–Crippen MR) is 59.8 cm³/mol. The first-order valence-electron chi connectivity index (χ1n) is 5.37. The summed E-state index contributed by atoms with van der Waals surface area (Å²) in [4.78, 5) is 13.0. The lowest BCUT2D eigenvalue weighted by Gasteiger charge is -2.26. The quantitative estimate of drug-likeness (QED) is 0.676. The van der Waals surface area contributed by atoms with Crippen molar-refractivity contribution in [1.29, 1.82) is 0 Å². The second-order valence-corrected chi connectivity index (χ2v) is 5.16. The standard InChI is InChI=1S/C12H16OS/c1-9-5-2-3-6-10(9)12(13)11-7-4-8-14-11/h4,7-10H,2-3,5-6H2,1H3. The van der Waals surface area contributed by atoms with Crippen LogP contribution in [-0.4, -0.2) is 5.78 Å². The largest absolute Gasteiger partial charge is 0.293 e. The fraction of sp³-hybridized carbons (Fsp3) is 0.583. The molecule has 1 aliphatic carbocycles. The first kappa shape index (κ1) is 9.91. The summed E-state index contributed by atoms with van der Waals surface area (Å²) in [6.07, 6.45) is 4.85. The van der Waals surface area contributed by atoms with E-state index < -0.39 is 0 Å². The van der Waals surface area contributed by atoms with Gasteiger partial charge in [-0.3, -0.25) is 4.79 Å². The lowest BCUT2D eigenvalue weighted by Crippen LogP contribution is -2.24. The van der Waals surface area contributed by atoms with E-state index in [0.717, 1.165) is 11.3 Å². The molecule has 1 fully saturated rings. The molecule has 14 heavy (non-hydrogen) atoms. The molecule has 1 nitrogen and oxygen atoms in total. The van der Waals surface area contributed by atoms with Gasteiger partial charge in [0.05, 0.1) is 4.88 Å². The summed E-state index contributed by atoms with van der Waals surface area (Å²) >= 11 is 1.58. The van der Waals surface area contributed by atoms with Crippen molar-refractivity contribution in [2.24, 2.45) is 11.8 Å². The van der Waals surface area contributed by atoms with Crippen LogP contribution in [0.5, 0.6) is 0 Å². The van der Waals surface area contributed by atoms with Crippen molar-refractivity contribution in [2.45, 2.75) is 32.6 Å². The molecule has 1 aromatic rings. The van der Waals surface area contributed by atoms with E-state index in [4.69, 9.17) is 0 Å². The third-order valence-electron chi connectivity index (χ3n) is 3.21. The topological polar surface area (TPSA) is 17.1 Å². The second kappa shape index (κ2) is 4.26. The van der Waals surface area contributed by atoms with Crippen LogP contribution in [-0.2, 0) is 0 Å². The van der Waals surface area contributed by atoms with Crippen LogP contribution in [0, 0.1) is 11.8 Å². The van der Waals surface area contributed by atoms with Gasteiger partial charge in [0, 0.05) is 5.92 Å². The van der Waals surface area contributed by atoms with Crippen molar-refractivity contribution < 1.29 is 4.79 Å². The number of ketones is 1. The lowest BCUT2D eigenvalue weighted by molar-refractivity contribution is 0.0841. The Morgan fingerprint density at radius 3 is 2.86 bits per heavy atom. The van der Waals surface area contributed by atoms with E-state index in [2.05, 4.69) is 6.92 Å². The van der Waals surface area contributed by atoms with Crippen molar-refractivity contribution in [1.82, 2.24) is 0 Å². The Morgan fingerprint density at radius 2 is 2.21 bits per heavy atom. The maximum Gasteiger partial charge on any atom is 0.176 e. The summed E-state index contributed by atoms with van der Waals surface area (Å²) in [6.45, 7) is 2.22. The third-order valence-corrected chi connectivity index (χ3v) is 4.10. The number of carbonyl (C=O) groups excluding carboxylic acids is 1. The lowest BCUT2D eigenvalue weighted by atomic mass is 9.78. The Hall–Kier alpha value is -0.630. The van der Waals surface area contributed by atoms with E-state index >= 15 is 0 Å². The maximum absolute atomic E-state index is 12.1. The van der Waals surface area contributed by atoms with E-state index in [0.29, 0.717) is 17.6 Å². The highest BCUT2D eigenvalue weighted by atomic mass is 32.1. The van der Waals surface area contributed by atoms with E-state index in [1.165, 1.54) is 19.3 Å². The van der Waals surface area contributed by atoms with Crippen molar-refractivity contribution >= 4 is 17.1 Å². The molecule has 2 atom stereocenters. The van der Waals surface area contributed by atoms with Gasteiger partial charge in [0.1, 0.15) is 0 Å². The molecule has 1 aromatic heterocycles. The molecule has 1 heterocycles. The highest BCUT2D eigenvalue weighted by Crippen LogP contribution is 2.32. The van der Waals surface area contributed by atoms with Crippen molar-refractivity contribution in [2.75, 3.05) is 0 Å². The number of thiophene rings is 1. The van der Waals surface area contributed by atoms with Crippen LogP contribution in [0.1, 0.15) is 42.3 Å². The molecule has 0 saturated heterocycles. The monoisotopic (exact) mass is 208 g/mol. The zero-order valence-corrected chi connectivity index (χ0v) is 9.35. The highest BCUT2D eigenvalue weighted by Gasteiger charge is 2.28. The second-order valence-electron chi connectivity index (χ2n) is 4.21. The number of hydrogen-bond donors (Lipinski definition) is 0. The zero-order valence-electron chi connectivity index (χ0n) is 8.53. The number of hydrogen-bond acceptors (Lipinski definition) is 2. The van der Waals surface area contributed by atoms with Crippen molar-refractivity contribution in [3.8, 4) is 0 Å². The number of carbonyl (C=O) groups is 1. The SMILES string of the molecule is CC1CCCCC1C(=O)c1cccs1. The molecule has 1 saturated carbocycles. The summed E-state index contributed by atoms with van der Waals surface area (Å²) in [7, 11) is 0. The van der Waals surface area contributed by atoms with Gasteiger partial charge >= 0.3 is 0 Å². The molecule has 76 valence electrons. The average molecular weight is 208 g/mol. The predicted octanol–water partition coefficient (Wildman–Crippen LogP) is 3.76. The molecule has 0 spiro atoms. The van der Waals surface area contributed by atoms with Crippen LogP contribution in [0.25, 0.3) is 0 Å². The average Bonchev–Trinajstić information content (AvgIpc) is 2.70. The summed E-state index contributed by atoms with van der Waals surface area (Å²) in [6, 6.07) is 3.92. The Labute approximate surface area is 89.1 Å². The van der Waals surface area contributed by atoms with Gasteiger partial charge in [-0.2, -0.15) is 0 Å². The molecule has 1 aliphatic rings. The molecule has 2 heteroatoms. The summed E-state index contributed by atoms with van der Waals surface area (Å²) in [5.41, 5.74) is 0. The number of Topliss-reactive ketones (excluding diaryl/α,β-unsaturated/α-hetero) is 1. The minimum atomic E-state index is 0.294. The normalized spacial score (nSPS) is 27.5. The number of rotatable bonds is 2. The Bertz CT molecular complexity index is 302. The van der Waals surface area contributed by atoms with Crippen molar-refractivity contribution in [3.05, 3.63) is 22.4 Å². The van der Waals surface area contributed by atoms with Gasteiger partial charge in [0.25, 0.3) is 0 Å². The van der Waals surface area contributed by atoms with Crippen molar-refractivity contribution in [3.63, 3.8) is 0 Å². The van der Waals surface area contributed by atoms with Crippen LogP contribution in [0.4, 0.5) is 0 Å². The Morgan fingerprint density at radius 1 is 1.43 bits per heavy atom. The van der Waals surface area contributed by atoms with Gasteiger partial charge in [-0.1, -0.05) is 32.3 Å². The zero-order chi connectivity index (χ0) is 9.97. The minimum absolute atomic E-state index is 0.294. The first-order valence-corrected chi connectivity index (χ1v) is 6.24. The van der Waals surface area contributed by atoms with E-state index in [1.54, 1.807) is 11.3 Å². The molecule has 2 unspecified atom stereocenters. The molecular weight excluding hydrogens is 192 g/mol. The van der Waals surface area contributed by atoms with Crippen LogP contribution in [0.2, 0.25) is 0 Å². The molecule has 0 aliphatic heterocycles. The molecular formula is C12H16OS. The van der Waals surface area contributed by atoms with Gasteiger partial charge < -0.3 is 0 Å². The first-order chi connectivity index (χ1) is 6.79. The van der Waals surface area contributed by atoms with E-state index in [-0.39, 0.29) is 0 Å². The molecule has 0 amide bonds. The Balaban J connectivity index is 2.10. The molecule has 0 aromatic carbocycles. The highest BCUT2D eigenvalue weighted by molar-refractivity contribution is 7.12. The fourth-order valence-corrected chi connectivity index (χ4v) is 3.04. The van der Waals surface area contributed by atoms with E-state index in [9.17, 15) is 4.79 Å². The van der Waals surface area contributed by atoms with E-state index in [1.807, 2.05) is 17.5 Å². The summed E-state index contributed by atoms with van der Waals surface area (Å²) in [5, 5.41) is 1.99. The maximum atomic E-state index is 12.1. The molecule has 0 bridgehead atoms. The smallest absolute Gasteiger partial charge is 0.176 e. The molecule has 0 radical (unpaired) electrons. The van der Waals surface area contributed by atoms with Gasteiger partial charge in [0.15, 0.2) is 5.78 Å². The summed E-state index contributed by atoms with van der Waals surface area (Å²) in [5.74, 6) is 1.26. The van der Waals surface area contributed by atoms with Crippen LogP contribution in [0.3, 0.4) is 0 Å². The van der Waals surface area contributed by atoms with Gasteiger partial charge in [0.2, 0.25) is 0 Å². The fourth-order valence-electron chi connectivity index (χ4n) is 2.31. The van der Waals surface area contributed by atoms with Gasteiger partial charge in [-0.25, -0.2) is 0 Å². The minimum Gasteiger partial charge on any atom is -0.293 e. The van der Waals surface area contributed by atoms with Gasteiger partial charge in [-0.15, -0.1) is 11.3 Å². The van der Waals surface area contributed by atoms with Crippen LogP contribution >= 0.6 is 11.3 Å². The third kappa shape index (κ3) is 1.90. The molecule has 2 rings (SSSR count). The van der Waals surface area contributed by atoms with Crippen LogP contribution in [0.15, 0.2) is 17.5 Å². The summed E-state index contributed by atoms with van der Waals surface area (Å²) < 4.78 is 0. The molecule has 0 N–H and O–H groups in total. The van der Waals surface area contributed by atoms with Gasteiger partial charge in [-0.05, 0) is 23.8 Å².